The van der Waals surface area contributed by atoms with Crippen molar-refractivity contribution in [3.8, 4) is 0 Å². The number of sulfonamides is 1. The number of rotatable bonds is 4. The number of aromatic nitrogens is 2. The average molecular weight is 319 g/mol. The number of anilines is 1. The number of hydrogen-bond donors (Lipinski definition) is 1. The second-order valence-corrected chi connectivity index (χ2v) is 6.74. The van der Waals surface area contributed by atoms with Crippen molar-refractivity contribution < 1.29 is 12.8 Å². The molecule has 2 aromatic heterocycles. The van der Waals surface area contributed by atoms with Crippen LogP contribution in [0.2, 0.25) is 0 Å². The molecule has 1 N–H and O–H groups in total. The zero-order chi connectivity index (χ0) is 15.7. The van der Waals surface area contributed by atoms with E-state index in [1.807, 2.05) is 13.1 Å². The molecule has 114 valence electrons. The molecule has 0 aliphatic rings. The fourth-order valence-corrected chi connectivity index (χ4v) is 3.42. The van der Waals surface area contributed by atoms with Gasteiger partial charge in [-0.1, -0.05) is 12.1 Å². The van der Waals surface area contributed by atoms with Gasteiger partial charge in [-0.05, 0) is 36.8 Å². The molecule has 0 aliphatic carbocycles. The molecule has 0 unspecified atom stereocenters. The van der Waals surface area contributed by atoms with Crippen molar-refractivity contribution in [2.75, 3.05) is 4.72 Å². The van der Waals surface area contributed by atoms with Crippen molar-refractivity contribution >= 4 is 21.4 Å². The number of benzene rings is 1. The summed E-state index contributed by atoms with van der Waals surface area (Å²) in [5.41, 5.74) is 2.27. The minimum atomic E-state index is -3.61. The molecule has 3 aromatic rings. The summed E-state index contributed by atoms with van der Waals surface area (Å²) in [4.78, 5) is 4.30. The summed E-state index contributed by atoms with van der Waals surface area (Å²) < 4.78 is 41.7. The molecule has 22 heavy (non-hydrogen) atoms. The van der Waals surface area contributed by atoms with E-state index in [0.29, 0.717) is 16.9 Å². The molecule has 1 aromatic carbocycles. The van der Waals surface area contributed by atoms with E-state index >= 15 is 0 Å². The Morgan fingerprint density at radius 2 is 1.95 bits per heavy atom. The molecular formula is C15H14FN3O2S. The summed E-state index contributed by atoms with van der Waals surface area (Å²) in [6.07, 6.45) is 3.61. The Labute approximate surface area is 127 Å². The predicted molar refractivity (Wildman–Crippen MR) is 82.6 cm³/mol. The molecule has 0 radical (unpaired) electrons. The molecule has 0 saturated heterocycles. The molecule has 0 fully saturated rings. The van der Waals surface area contributed by atoms with Crippen LogP contribution < -0.4 is 4.72 Å². The number of imidazole rings is 1. The molecule has 2 heterocycles. The van der Waals surface area contributed by atoms with Crippen LogP contribution in [-0.2, 0) is 15.8 Å². The summed E-state index contributed by atoms with van der Waals surface area (Å²) in [7, 11) is -3.61. The molecule has 0 bridgehead atoms. The van der Waals surface area contributed by atoms with Gasteiger partial charge in [0.15, 0.2) is 5.65 Å². The molecule has 0 atom stereocenters. The van der Waals surface area contributed by atoms with Crippen LogP contribution in [0.25, 0.3) is 5.65 Å². The Hall–Kier alpha value is -2.41. The van der Waals surface area contributed by atoms with Crippen molar-refractivity contribution in [1.82, 2.24) is 9.38 Å². The molecule has 3 rings (SSSR count). The third-order valence-corrected chi connectivity index (χ3v) is 4.38. The second kappa shape index (κ2) is 5.42. The van der Waals surface area contributed by atoms with E-state index in [2.05, 4.69) is 9.71 Å². The lowest BCUT2D eigenvalue weighted by Crippen LogP contribution is -2.15. The number of fused-ring (bicyclic) bond motifs is 1. The lowest BCUT2D eigenvalue weighted by Gasteiger charge is -2.09. The van der Waals surface area contributed by atoms with E-state index in [4.69, 9.17) is 0 Å². The Kier molecular flexibility index (Phi) is 3.58. The zero-order valence-electron chi connectivity index (χ0n) is 11.8. The fraction of sp³-hybridized carbons (Fsp3) is 0.133. The maximum absolute atomic E-state index is 12.9. The first-order chi connectivity index (χ1) is 10.4. The minimum absolute atomic E-state index is 0.228. The maximum atomic E-state index is 12.9. The van der Waals surface area contributed by atoms with Crippen LogP contribution in [0.3, 0.4) is 0 Å². The number of nitrogens with zero attached hydrogens (tertiary/aromatic N) is 2. The van der Waals surface area contributed by atoms with Crippen LogP contribution in [0.5, 0.6) is 0 Å². The standard InChI is InChI=1S/C15H14FN3O2S/c1-11-9-19-8-2-3-14(15(19)17-11)18-22(20,21)10-12-4-6-13(16)7-5-12/h2-9,18H,10H2,1H3. The average Bonchev–Trinajstić information content (AvgIpc) is 2.82. The van der Waals surface area contributed by atoms with Crippen molar-refractivity contribution in [2.45, 2.75) is 12.7 Å². The van der Waals surface area contributed by atoms with E-state index in [-0.39, 0.29) is 5.75 Å². The Balaban J connectivity index is 1.88. The molecule has 0 spiro atoms. The van der Waals surface area contributed by atoms with Crippen molar-refractivity contribution in [1.29, 1.82) is 0 Å². The van der Waals surface area contributed by atoms with Crippen LogP contribution in [0.1, 0.15) is 11.3 Å². The number of halogens is 1. The highest BCUT2D eigenvalue weighted by Gasteiger charge is 2.14. The highest BCUT2D eigenvalue weighted by atomic mass is 32.2. The minimum Gasteiger partial charge on any atom is -0.305 e. The number of aryl methyl sites for hydroxylation is 1. The maximum Gasteiger partial charge on any atom is 0.237 e. The van der Waals surface area contributed by atoms with Crippen LogP contribution in [0.4, 0.5) is 10.1 Å². The summed E-state index contributed by atoms with van der Waals surface area (Å²) in [6.45, 7) is 1.84. The van der Waals surface area contributed by atoms with Gasteiger partial charge in [0.25, 0.3) is 0 Å². The summed E-state index contributed by atoms with van der Waals surface area (Å²) in [6, 6.07) is 8.78. The first kappa shape index (κ1) is 14.5. The van der Waals surface area contributed by atoms with Gasteiger partial charge < -0.3 is 4.40 Å². The molecule has 0 amide bonds. The molecule has 0 aliphatic heterocycles. The third-order valence-electron chi connectivity index (χ3n) is 3.14. The lowest BCUT2D eigenvalue weighted by molar-refractivity contribution is 0.600. The van der Waals surface area contributed by atoms with Gasteiger partial charge in [0.2, 0.25) is 10.0 Å². The first-order valence-corrected chi connectivity index (χ1v) is 8.27. The van der Waals surface area contributed by atoms with E-state index in [1.165, 1.54) is 24.3 Å². The monoisotopic (exact) mass is 319 g/mol. The van der Waals surface area contributed by atoms with Crippen LogP contribution in [-0.4, -0.2) is 17.8 Å². The first-order valence-electron chi connectivity index (χ1n) is 6.62. The summed E-state index contributed by atoms with van der Waals surface area (Å²) in [5, 5.41) is 0. The van der Waals surface area contributed by atoms with Gasteiger partial charge in [0.1, 0.15) is 5.82 Å². The second-order valence-electron chi connectivity index (χ2n) is 5.02. The fourth-order valence-electron chi connectivity index (χ4n) is 2.22. The number of hydrogen-bond acceptors (Lipinski definition) is 3. The van der Waals surface area contributed by atoms with Gasteiger partial charge in [-0.3, -0.25) is 4.72 Å². The van der Waals surface area contributed by atoms with E-state index in [9.17, 15) is 12.8 Å². The summed E-state index contributed by atoms with van der Waals surface area (Å²) >= 11 is 0. The summed E-state index contributed by atoms with van der Waals surface area (Å²) in [5.74, 6) is -0.625. The predicted octanol–water partition coefficient (Wildman–Crippen LogP) is 2.72. The topological polar surface area (TPSA) is 63.5 Å². The van der Waals surface area contributed by atoms with Gasteiger partial charge >= 0.3 is 0 Å². The van der Waals surface area contributed by atoms with Gasteiger partial charge in [-0.2, -0.15) is 0 Å². The highest BCUT2D eigenvalue weighted by molar-refractivity contribution is 7.91. The molecular weight excluding hydrogens is 305 g/mol. The highest BCUT2D eigenvalue weighted by Crippen LogP contribution is 2.19. The molecule has 7 heteroatoms. The van der Waals surface area contributed by atoms with Gasteiger partial charge in [0.05, 0.1) is 17.1 Å². The van der Waals surface area contributed by atoms with Crippen molar-refractivity contribution in [3.05, 3.63) is 65.9 Å². The normalized spacial score (nSPS) is 11.7. The number of pyridine rings is 1. The van der Waals surface area contributed by atoms with Crippen molar-refractivity contribution in [3.63, 3.8) is 0 Å². The lowest BCUT2D eigenvalue weighted by atomic mass is 10.2. The van der Waals surface area contributed by atoms with E-state index in [0.717, 1.165) is 5.69 Å². The third kappa shape index (κ3) is 3.09. The van der Waals surface area contributed by atoms with E-state index < -0.39 is 15.8 Å². The SMILES string of the molecule is Cc1cn2cccc(NS(=O)(=O)Cc3ccc(F)cc3)c2n1. The zero-order valence-corrected chi connectivity index (χ0v) is 12.6. The molecule has 5 nitrogen and oxygen atoms in total. The smallest absolute Gasteiger partial charge is 0.237 e. The van der Waals surface area contributed by atoms with E-state index in [1.54, 1.807) is 22.7 Å². The van der Waals surface area contributed by atoms with Gasteiger partial charge in [-0.15, -0.1) is 0 Å². The Morgan fingerprint density at radius 3 is 2.68 bits per heavy atom. The Morgan fingerprint density at radius 1 is 1.23 bits per heavy atom. The van der Waals surface area contributed by atoms with Crippen molar-refractivity contribution in [2.24, 2.45) is 0 Å². The van der Waals surface area contributed by atoms with Gasteiger partial charge in [0, 0.05) is 12.4 Å². The molecule has 0 saturated carbocycles. The quantitative estimate of drug-likeness (QED) is 0.804. The van der Waals surface area contributed by atoms with Crippen LogP contribution in [0, 0.1) is 12.7 Å². The van der Waals surface area contributed by atoms with Crippen LogP contribution >= 0.6 is 0 Å². The van der Waals surface area contributed by atoms with Crippen LogP contribution in [0.15, 0.2) is 48.8 Å². The Bertz CT molecular complexity index is 918. The largest absolute Gasteiger partial charge is 0.305 e. The van der Waals surface area contributed by atoms with Gasteiger partial charge in [-0.25, -0.2) is 17.8 Å². The number of nitrogens with one attached hydrogen (secondary N) is 1.